The molecule has 0 amide bonds. The van der Waals surface area contributed by atoms with E-state index in [2.05, 4.69) is 9.88 Å². The van der Waals surface area contributed by atoms with Crippen LogP contribution in [0.4, 0.5) is 5.82 Å². The van der Waals surface area contributed by atoms with Crippen molar-refractivity contribution >= 4 is 29.0 Å². The first-order chi connectivity index (χ1) is 8.22. The van der Waals surface area contributed by atoms with Crippen LogP contribution in [0.1, 0.15) is 25.7 Å². The number of anilines is 1. The molecule has 0 radical (unpaired) electrons. The van der Waals surface area contributed by atoms with Crippen molar-refractivity contribution in [1.82, 2.24) is 4.98 Å². The molecule has 0 saturated carbocycles. The zero-order valence-corrected chi connectivity index (χ0v) is 11.1. The van der Waals surface area contributed by atoms with Crippen LogP contribution < -0.4 is 4.90 Å². The highest BCUT2D eigenvalue weighted by atomic mass is 35.5. The number of aliphatic hydroxyl groups is 1. The molecule has 0 aliphatic carbocycles. The van der Waals surface area contributed by atoms with E-state index in [9.17, 15) is 0 Å². The van der Waals surface area contributed by atoms with Crippen LogP contribution in [0, 0.1) is 0 Å². The fourth-order valence-electron chi connectivity index (χ4n) is 2.36. The first-order valence-electron chi connectivity index (χ1n) is 5.91. The second kappa shape index (κ2) is 5.89. The van der Waals surface area contributed by atoms with E-state index in [4.69, 9.17) is 28.3 Å². The van der Waals surface area contributed by atoms with Crippen molar-refractivity contribution in [3.8, 4) is 0 Å². The lowest BCUT2D eigenvalue weighted by molar-refractivity contribution is 0.279. The van der Waals surface area contributed by atoms with Crippen LogP contribution in [0.3, 0.4) is 0 Å². The van der Waals surface area contributed by atoms with Crippen molar-refractivity contribution < 1.29 is 5.11 Å². The molecule has 1 aliphatic heterocycles. The second-order valence-corrected chi connectivity index (χ2v) is 5.16. The van der Waals surface area contributed by atoms with Gasteiger partial charge in [-0.3, -0.25) is 0 Å². The number of aromatic nitrogens is 1. The Hall–Kier alpha value is -0.510. The molecule has 0 bridgehead atoms. The van der Waals surface area contributed by atoms with Crippen LogP contribution in [0.2, 0.25) is 10.0 Å². The Labute approximate surface area is 111 Å². The van der Waals surface area contributed by atoms with Gasteiger partial charge in [0.25, 0.3) is 0 Å². The van der Waals surface area contributed by atoms with Crippen LogP contribution in [-0.2, 0) is 0 Å². The normalized spacial score (nSPS) is 19.9. The minimum Gasteiger partial charge on any atom is -0.396 e. The first kappa shape index (κ1) is 12.9. The molecule has 0 spiro atoms. The zero-order valence-electron chi connectivity index (χ0n) is 9.57. The van der Waals surface area contributed by atoms with Crippen molar-refractivity contribution in [3.63, 3.8) is 0 Å². The van der Waals surface area contributed by atoms with Crippen molar-refractivity contribution in [1.29, 1.82) is 0 Å². The SMILES string of the molecule is OCCCC1CCCN1c1ncc(Cl)cc1Cl. The van der Waals surface area contributed by atoms with Gasteiger partial charge < -0.3 is 10.0 Å². The molecule has 0 aromatic carbocycles. The number of hydrogen-bond acceptors (Lipinski definition) is 3. The average Bonchev–Trinajstić information content (AvgIpc) is 2.74. The van der Waals surface area contributed by atoms with Gasteiger partial charge in [0.05, 0.1) is 10.0 Å². The van der Waals surface area contributed by atoms with Gasteiger partial charge in [-0.15, -0.1) is 0 Å². The lowest BCUT2D eigenvalue weighted by Crippen LogP contribution is -2.30. The Morgan fingerprint density at radius 3 is 3.00 bits per heavy atom. The summed E-state index contributed by atoms with van der Waals surface area (Å²) in [5, 5.41) is 10.1. The van der Waals surface area contributed by atoms with Crippen LogP contribution in [0.15, 0.2) is 12.3 Å². The van der Waals surface area contributed by atoms with E-state index in [0.717, 1.165) is 38.0 Å². The fourth-order valence-corrected chi connectivity index (χ4v) is 2.85. The maximum atomic E-state index is 8.90. The summed E-state index contributed by atoms with van der Waals surface area (Å²) in [6, 6.07) is 2.17. The van der Waals surface area contributed by atoms with Gasteiger partial charge in [0, 0.05) is 25.4 Å². The van der Waals surface area contributed by atoms with Crippen molar-refractivity contribution in [3.05, 3.63) is 22.3 Å². The maximum Gasteiger partial charge on any atom is 0.147 e. The van der Waals surface area contributed by atoms with E-state index in [-0.39, 0.29) is 6.61 Å². The third-order valence-electron chi connectivity index (χ3n) is 3.13. The molecule has 17 heavy (non-hydrogen) atoms. The summed E-state index contributed by atoms with van der Waals surface area (Å²) in [6.07, 6.45) is 5.73. The highest BCUT2D eigenvalue weighted by Gasteiger charge is 2.26. The Balaban J connectivity index is 2.14. The third-order valence-corrected chi connectivity index (χ3v) is 3.62. The summed E-state index contributed by atoms with van der Waals surface area (Å²) in [7, 11) is 0. The Kier molecular flexibility index (Phi) is 4.48. The largest absolute Gasteiger partial charge is 0.396 e. The molecule has 1 unspecified atom stereocenters. The van der Waals surface area contributed by atoms with Crippen molar-refractivity contribution in [2.75, 3.05) is 18.1 Å². The molecule has 94 valence electrons. The van der Waals surface area contributed by atoms with E-state index >= 15 is 0 Å². The van der Waals surface area contributed by atoms with Gasteiger partial charge in [-0.2, -0.15) is 0 Å². The van der Waals surface area contributed by atoms with E-state index in [1.165, 1.54) is 0 Å². The predicted octanol–water partition coefficient (Wildman–Crippen LogP) is 3.13. The molecule has 1 aromatic rings. The summed E-state index contributed by atoms with van der Waals surface area (Å²) < 4.78 is 0. The van der Waals surface area contributed by atoms with Gasteiger partial charge in [-0.25, -0.2) is 4.98 Å². The second-order valence-electron chi connectivity index (χ2n) is 4.31. The molecular formula is C12H16Cl2N2O. The fraction of sp³-hybridized carbons (Fsp3) is 0.583. The lowest BCUT2D eigenvalue weighted by atomic mass is 10.1. The van der Waals surface area contributed by atoms with Crippen LogP contribution in [0.5, 0.6) is 0 Å². The number of rotatable bonds is 4. The van der Waals surface area contributed by atoms with Crippen molar-refractivity contribution in [2.24, 2.45) is 0 Å². The molecule has 1 fully saturated rings. The monoisotopic (exact) mass is 274 g/mol. The first-order valence-corrected chi connectivity index (χ1v) is 6.66. The molecule has 1 aromatic heterocycles. The van der Waals surface area contributed by atoms with E-state index in [0.29, 0.717) is 16.1 Å². The van der Waals surface area contributed by atoms with Crippen LogP contribution in [0.25, 0.3) is 0 Å². The summed E-state index contributed by atoms with van der Waals surface area (Å²) in [5.41, 5.74) is 0. The van der Waals surface area contributed by atoms with E-state index in [1.54, 1.807) is 12.3 Å². The lowest BCUT2D eigenvalue weighted by Gasteiger charge is -2.26. The van der Waals surface area contributed by atoms with Crippen LogP contribution in [-0.4, -0.2) is 29.3 Å². The number of aliphatic hydroxyl groups excluding tert-OH is 1. The van der Waals surface area contributed by atoms with Crippen molar-refractivity contribution in [2.45, 2.75) is 31.7 Å². The molecule has 1 atom stereocenters. The van der Waals surface area contributed by atoms with Gasteiger partial charge in [0.2, 0.25) is 0 Å². The van der Waals surface area contributed by atoms with Gasteiger partial charge in [0.15, 0.2) is 0 Å². The molecular weight excluding hydrogens is 259 g/mol. The smallest absolute Gasteiger partial charge is 0.147 e. The highest BCUT2D eigenvalue weighted by Crippen LogP contribution is 2.32. The summed E-state index contributed by atoms with van der Waals surface area (Å²) in [4.78, 5) is 6.55. The van der Waals surface area contributed by atoms with Gasteiger partial charge in [-0.05, 0) is 31.7 Å². The summed E-state index contributed by atoms with van der Waals surface area (Å²) in [6.45, 7) is 1.22. The van der Waals surface area contributed by atoms with E-state index in [1.807, 2.05) is 0 Å². The predicted molar refractivity (Wildman–Crippen MR) is 70.9 cm³/mol. The van der Waals surface area contributed by atoms with Gasteiger partial charge in [-0.1, -0.05) is 23.2 Å². The quantitative estimate of drug-likeness (QED) is 0.917. The van der Waals surface area contributed by atoms with Crippen LogP contribution >= 0.6 is 23.2 Å². The Morgan fingerprint density at radius 2 is 2.29 bits per heavy atom. The van der Waals surface area contributed by atoms with Gasteiger partial charge >= 0.3 is 0 Å². The summed E-state index contributed by atoms with van der Waals surface area (Å²) in [5.74, 6) is 0.816. The molecule has 2 rings (SSSR count). The Bertz CT molecular complexity index is 387. The minimum atomic E-state index is 0.242. The molecule has 1 saturated heterocycles. The third kappa shape index (κ3) is 3.03. The average molecular weight is 275 g/mol. The molecule has 3 nitrogen and oxygen atoms in total. The molecule has 2 heterocycles. The highest BCUT2D eigenvalue weighted by molar-refractivity contribution is 6.36. The molecule has 5 heteroatoms. The van der Waals surface area contributed by atoms with Gasteiger partial charge in [0.1, 0.15) is 5.82 Å². The van der Waals surface area contributed by atoms with E-state index < -0.39 is 0 Å². The summed E-state index contributed by atoms with van der Waals surface area (Å²) >= 11 is 12.0. The number of halogens is 2. The number of hydrogen-bond donors (Lipinski definition) is 1. The topological polar surface area (TPSA) is 36.4 Å². The maximum absolute atomic E-state index is 8.90. The minimum absolute atomic E-state index is 0.242. The number of nitrogens with zero attached hydrogens (tertiary/aromatic N) is 2. The zero-order chi connectivity index (χ0) is 12.3. The number of pyridine rings is 1. The standard InChI is InChI=1S/C12H16Cl2N2O/c13-9-7-11(14)12(15-8-9)16-5-1-3-10(16)4-2-6-17/h7-8,10,17H,1-6H2. The Morgan fingerprint density at radius 1 is 1.47 bits per heavy atom. The molecule has 1 N–H and O–H groups in total. The molecule has 1 aliphatic rings.